The minimum atomic E-state index is -4.49. The van der Waals surface area contributed by atoms with Gasteiger partial charge in [0.15, 0.2) is 0 Å². The molecule has 2 amide bonds. The molecule has 10 heteroatoms. The second-order valence-corrected chi connectivity index (χ2v) is 7.38. The van der Waals surface area contributed by atoms with Gasteiger partial charge in [-0.1, -0.05) is 26.0 Å². The molecule has 0 spiro atoms. The second-order valence-electron chi connectivity index (χ2n) is 7.38. The lowest BCUT2D eigenvalue weighted by Crippen LogP contribution is -2.36. The predicted octanol–water partition coefficient (Wildman–Crippen LogP) is 2.73. The highest BCUT2D eigenvalue weighted by atomic mass is 19.4. The number of hydrogen-bond donors (Lipinski definition) is 1. The van der Waals surface area contributed by atoms with E-state index in [0.717, 1.165) is 25.2 Å². The topological polar surface area (TPSA) is 70.5 Å². The number of likely N-dealkylation sites (N-methyl/N-ethyl adjacent to an activating group) is 1. The first kappa shape index (κ1) is 22.1. The fourth-order valence-electron chi connectivity index (χ4n) is 3.71. The molecule has 1 N–H and O–H groups in total. The molecule has 2 aromatic rings. The predicted molar refractivity (Wildman–Crippen MR) is 107 cm³/mol. The first-order chi connectivity index (χ1) is 14.2. The molecule has 164 valence electrons. The zero-order valence-corrected chi connectivity index (χ0v) is 17.1. The van der Waals surface area contributed by atoms with E-state index < -0.39 is 30.5 Å². The van der Waals surface area contributed by atoms with E-state index in [1.165, 1.54) is 0 Å². The number of fused-ring (bicyclic) bond motifs is 1. The molecule has 2 heterocycles. The molecule has 7 nitrogen and oxygen atoms in total. The van der Waals surface area contributed by atoms with Crippen LogP contribution in [0.1, 0.15) is 20.3 Å². The average Bonchev–Trinajstić information content (AvgIpc) is 3.21. The lowest BCUT2D eigenvalue weighted by molar-refractivity contribution is -0.157. The fourth-order valence-corrected chi connectivity index (χ4v) is 3.71. The summed E-state index contributed by atoms with van der Waals surface area (Å²) in [5.74, 6) is -1.65. The number of halogens is 3. The van der Waals surface area contributed by atoms with Gasteiger partial charge in [0.25, 0.3) is 0 Å². The van der Waals surface area contributed by atoms with Crippen LogP contribution in [0.4, 0.5) is 19.1 Å². The van der Waals surface area contributed by atoms with Gasteiger partial charge in [-0.25, -0.2) is 4.98 Å². The van der Waals surface area contributed by atoms with E-state index in [0.29, 0.717) is 22.9 Å². The number of anilines is 1. The molecular formula is C20H26F3N5O2. The second kappa shape index (κ2) is 9.03. The van der Waals surface area contributed by atoms with Crippen LogP contribution in [0.25, 0.3) is 11.0 Å². The van der Waals surface area contributed by atoms with Crippen LogP contribution in [0.15, 0.2) is 24.3 Å². The molecule has 1 atom stereocenters. The quantitative estimate of drug-likeness (QED) is 0.706. The molecule has 1 saturated heterocycles. The molecular weight excluding hydrogens is 399 g/mol. The molecule has 0 aliphatic carbocycles. The van der Waals surface area contributed by atoms with Crippen molar-refractivity contribution in [3.8, 4) is 0 Å². The summed E-state index contributed by atoms with van der Waals surface area (Å²) < 4.78 is 39.8. The minimum Gasteiger partial charge on any atom is -0.333 e. The summed E-state index contributed by atoms with van der Waals surface area (Å²) in [6.45, 7) is 5.71. The molecule has 0 bridgehead atoms. The maximum absolute atomic E-state index is 12.7. The summed E-state index contributed by atoms with van der Waals surface area (Å²) >= 11 is 0. The Labute approximate surface area is 172 Å². The third-order valence-electron chi connectivity index (χ3n) is 5.38. The number of amides is 2. The number of imidazole rings is 1. The number of alkyl halides is 3. The van der Waals surface area contributed by atoms with Gasteiger partial charge >= 0.3 is 6.18 Å². The Morgan fingerprint density at radius 1 is 1.27 bits per heavy atom. The molecule has 0 saturated carbocycles. The van der Waals surface area contributed by atoms with Crippen molar-refractivity contribution < 1.29 is 22.8 Å². The molecule has 1 aliphatic rings. The van der Waals surface area contributed by atoms with Crippen molar-refractivity contribution in [3.63, 3.8) is 0 Å². The fraction of sp³-hybridized carbons (Fsp3) is 0.550. The maximum Gasteiger partial charge on any atom is 0.406 e. The summed E-state index contributed by atoms with van der Waals surface area (Å²) in [6, 6.07) is 7.47. The molecule has 3 rings (SSSR count). The van der Waals surface area contributed by atoms with E-state index in [1.54, 1.807) is 0 Å². The van der Waals surface area contributed by atoms with Crippen molar-refractivity contribution in [3.05, 3.63) is 24.3 Å². The number of benzene rings is 1. The van der Waals surface area contributed by atoms with Gasteiger partial charge in [-0.3, -0.25) is 14.9 Å². The van der Waals surface area contributed by atoms with Crippen molar-refractivity contribution in [1.29, 1.82) is 0 Å². The Hall–Kier alpha value is -2.62. The van der Waals surface area contributed by atoms with E-state index in [1.807, 2.05) is 28.8 Å². The standard InChI is InChI=1S/C20H26F3N5O2/c1-3-26(4-2)9-10-28-16-8-6-5-7-15(16)24-19(28)25-18(30)14-11-17(29)27(12-14)13-20(21,22)23/h5-8,14H,3-4,9-13H2,1-2H3,(H,24,25,30). The monoisotopic (exact) mass is 425 g/mol. The van der Waals surface area contributed by atoms with Gasteiger partial charge in [0.05, 0.1) is 17.0 Å². The number of likely N-dealkylation sites (tertiary alicyclic amines) is 1. The molecule has 0 radical (unpaired) electrons. The highest BCUT2D eigenvalue weighted by Crippen LogP contribution is 2.26. The van der Waals surface area contributed by atoms with Crippen molar-refractivity contribution in [2.75, 3.05) is 38.0 Å². The van der Waals surface area contributed by atoms with E-state index in [-0.39, 0.29) is 13.0 Å². The van der Waals surface area contributed by atoms with Gasteiger partial charge < -0.3 is 14.4 Å². The third-order valence-corrected chi connectivity index (χ3v) is 5.38. The van der Waals surface area contributed by atoms with Gasteiger partial charge in [0.2, 0.25) is 17.8 Å². The largest absolute Gasteiger partial charge is 0.406 e. The van der Waals surface area contributed by atoms with E-state index in [2.05, 4.69) is 29.0 Å². The number of nitrogens with one attached hydrogen (secondary N) is 1. The number of carbonyl (C=O) groups excluding carboxylic acids is 2. The highest BCUT2D eigenvalue weighted by Gasteiger charge is 2.40. The summed E-state index contributed by atoms with van der Waals surface area (Å²) in [4.78, 5) is 32.0. The molecule has 1 unspecified atom stereocenters. The van der Waals surface area contributed by atoms with Crippen molar-refractivity contribution >= 4 is 28.8 Å². The van der Waals surface area contributed by atoms with Crippen LogP contribution < -0.4 is 5.32 Å². The van der Waals surface area contributed by atoms with Crippen LogP contribution in [0, 0.1) is 5.92 Å². The third kappa shape index (κ3) is 5.10. The van der Waals surface area contributed by atoms with Crippen LogP contribution in [0.3, 0.4) is 0 Å². The van der Waals surface area contributed by atoms with Crippen LogP contribution in [0.2, 0.25) is 0 Å². The average molecular weight is 425 g/mol. The Kier molecular flexibility index (Phi) is 6.64. The molecule has 1 aromatic carbocycles. The summed E-state index contributed by atoms with van der Waals surface area (Å²) in [7, 11) is 0. The lowest BCUT2D eigenvalue weighted by Gasteiger charge is -2.20. The van der Waals surface area contributed by atoms with Crippen LogP contribution in [-0.4, -0.2) is 70.1 Å². The Balaban J connectivity index is 1.75. The number of hydrogen-bond acceptors (Lipinski definition) is 4. The number of aromatic nitrogens is 2. The molecule has 1 aliphatic heterocycles. The highest BCUT2D eigenvalue weighted by molar-refractivity contribution is 5.97. The number of rotatable bonds is 8. The van der Waals surface area contributed by atoms with Crippen molar-refractivity contribution in [1.82, 2.24) is 19.4 Å². The van der Waals surface area contributed by atoms with Crippen LogP contribution >= 0.6 is 0 Å². The number of para-hydroxylation sites is 2. The van der Waals surface area contributed by atoms with Gasteiger partial charge in [0, 0.05) is 26.1 Å². The first-order valence-corrected chi connectivity index (χ1v) is 10.0. The van der Waals surface area contributed by atoms with E-state index >= 15 is 0 Å². The molecule has 1 fully saturated rings. The lowest BCUT2D eigenvalue weighted by atomic mass is 10.1. The summed E-state index contributed by atoms with van der Waals surface area (Å²) in [5, 5.41) is 2.74. The summed E-state index contributed by atoms with van der Waals surface area (Å²) in [6.07, 6.45) is -4.72. The minimum absolute atomic E-state index is 0.235. The zero-order chi connectivity index (χ0) is 21.9. The van der Waals surface area contributed by atoms with Gasteiger partial charge in [0.1, 0.15) is 6.54 Å². The van der Waals surface area contributed by atoms with Crippen LogP contribution in [-0.2, 0) is 16.1 Å². The normalized spacial score (nSPS) is 17.3. The van der Waals surface area contributed by atoms with Crippen molar-refractivity contribution in [2.45, 2.75) is 33.0 Å². The van der Waals surface area contributed by atoms with E-state index in [9.17, 15) is 22.8 Å². The Morgan fingerprint density at radius 3 is 2.63 bits per heavy atom. The van der Waals surface area contributed by atoms with Gasteiger partial charge in [-0.2, -0.15) is 13.2 Å². The maximum atomic E-state index is 12.7. The smallest absolute Gasteiger partial charge is 0.333 e. The van der Waals surface area contributed by atoms with E-state index in [4.69, 9.17) is 0 Å². The number of carbonyl (C=O) groups is 2. The first-order valence-electron chi connectivity index (χ1n) is 10.0. The SMILES string of the molecule is CCN(CC)CCn1c(NC(=O)C2CC(=O)N(CC(F)(F)F)C2)nc2ccccc21. The number of nitrogens with zero attached hydrogens (tertiary/aromatic N) is 4. The Morgan fingerprint density at radius 2 is 1.97 bits per heavy atom. The summed E-state index contributed by atoms with van der Waals surface area (Å²) in [5.41, 5.74) is 1.58. The van der Waals surface area contributed by atoms with Crippen LogP contribution in [0.5, 0.6) is 0 Å². The van der Waals surface area contributed by atoms with Crippen molar-refractivity contribution in [2.24, 2.45) is 5.92 Å². The van der Waals surface area contributed by atoms with Gasteiger partial charge in [-0.05, 0) is 25.2 Å². The Bertz CT molecular complexity index is 907. The zero-order valence-electron chi connectivity index (χ0n) is 17.1. The van der Waals surface area contributed by atoms with Gasteiger partial charge in [-0.15, -0.1) is 0 Å². The molecule has 1 aromatic heterocycles. The molecule has 30 heavy (non-hydrogen) atoms.